The molecule has 2 atom stereocenters. The molecule has 0 aliphatic carbocycles. The lowest BCUT2D eigenvalue weighted by Gasteiger charge is -2.42. The van der Waals surface area contributed by atoms with Crippen molar-refractivity contribution >= 4 is 17.5 Å². The average Bonchev–Trinajstić information content (AvgIpc) is 3.17. The Morgan fingerprint density at radius 1 is 1.17 bits per heavy atom. The summed E-state index contributed by atoms with van der Waals surface area (Å²) in [5.41, 5.74) is -0.946. The van der Waals surface area contributed by atoms with Gasteiger partial charge in [0.25, 0.3) is 5.91 Å². The number of rotatable bonds is 5. The second-order valence-corrected chi connectivity index (χ2v) is 7.66. The van der Waals surface area contributed by atoms with E-state index in [9.17, 15) is 18.0 Å². The Morgan fingerprint density at radius 3 is 2.41 bits per heavy atom. The van der Waals surface area contributed by atoms with Crippen LogP contribution in [0.5, 0.6) is 0 Å². The van der Waals surface area contributed by atoms with Gasteiger partial charge in [-0.05, 0) is 38.2 Å². The SMILES string of the molecule is CN(C)C1(C(NC(=O)c2cccc(C(F)(F)F)c2Cl)c2ccccc2)CCOC1. The number of ether oxygens (including phenoxy) is 1. The minimum atomic E-state index is -4.64. The van der Waals surface area contributed by atoms with Crippen LogP contribution >= 0.6 is 11.6 Å². The van der Waals surface area contributed by atoms with Crippen LogP contribution in [0.3, 0.4) is 0 Å². The van der Waals surface area contributed by atoms with E-state index in [4.69, 9.17) is 16.3 Å². The monoisotopic (exact) mass is 426 g/mol. The molecule has 0 radical (unpaired) electrons. The number of halogens is 4. The molecule has 8 heteroatoms. The van der Waals surface area contributed by atoms with Crippen molar-refractivity contribution in [2.24, 2.45) is 0 Å². The molecule has 2 unspecified atom stereocenters. The Balaban J connectivity index is 2.01. The molecule has 156 valence electrons. The van der Waals surface area contributed by atoms with Gasteiger partial charge >= 0.3 is 6.18 Å². The first-order valence-electron chi connectivity index (χ1n) is 9.13. The summed E-state index contributed by atoms with van der Waals surface area (Å²) < 4.78 is 45.2. The Hall–Kier alpha value is -2.09. The zero-order chi connectivity index (χ0) is 21.2. The third-order valence-electron chi connectivity index (χ3n) is 5.42. The number of carbonyl (C=O) groups is 1. The molecule has 1 aliphatic rings. The van der Waals surface area contributed by atoms with E-state index in [2.05, 4.69) is 5.32 Å². The standard InChI is InChI=1S/C21H22ClF3N2O2/c1-27(2)20(11-12-29-13-20)18(14-7-4-3-5-8-14)26-19(28)15-9-6-10-16(17(15)22)21(23,24)25/h3-10,18H,11-13H2,1-2H3,(H,26,28). The third-order valence-corrected chi connectivity index (χ3v) is 5.82. The molecule has 1 amide bonds. The van der Waals surface area contributed by atoms with Crippen molar-refractivity contribution < 1.29 is 22.7 Å². The second-order valence-electron chi connectivity index (χ2n) is 7.28. The van der Waals surface area contributed by atoms with Crippen LogP contribution in [-0.4, -0.2) is 43.7 Å². The summed E-state index contributed by atoms with van der Waals surface area (Å²) in [5, 5.41) is 2.32. The van der Waals surface area contributed by atoms with Crippen molar-refractivity contribution in [2.45, 2.75) is 24.2 Å². The average molecular weight is 427 g/mol. The summed E-state index contributed by atoms with van der Waals surface area (Å²) in [5.74, 6) is -0.664. The fourth-order valence-electron chi connectivity index (χ4n) is 3.72. The van der Waals surface area contributed by atoms with Crippen LogP contribution in [0.15, 0.2) is 48.5 Å². The molecule has 2 aromatic rings. The first-order chi connectivity index (χ1) is 13.7. The fraction of sp³-hybridized carbons (Fsp3) is 0.381. The zero-order valence-electron chi connectivity index (χ0n) is 16.1. The predicted molar refractivity (Wildman–Crippen MR) is 105 cm³/mol. The van der Waals surface area contributed by atoms with Crippen molar-refractivity contribution in [3.8, 4) is 0 Å². The lowest BCUT2D eigenvalue weighted by molar-refractivity contribution is -0.137. The summed E-state index contributed by atoms with van der Waals surface area (Å²) in [4.78, 5) is 15.0. The number of nitrogens with one attached hydrogen (secondary N) is 1. The van der Waals surface area contributed by atoms with Crippen LogP contribution in [0.1, 0.15) is 33.9 Å². The lowest BCUT2D eigenvalue weighted by Crippen LogP contribution is -2.55. The first-order valence-corrected chi connectivity index (χ1v) is 9.51. The summed E-state index contributed by atoms with van der Waals surface area (Å²) in [6.45, 7) is 0.915. The lowest BCUT2D eigenvalue weighted by atomic mass is 9.83. The van der Waals surface area contributed by atoms with Crippen molar-refractivity contribution in [1.29, 1.82) is 0 Å². The highest BCUT2D eigenvalue weighted by Crippen LogP contribution is 2.39. The summed E-state index contributed by atoms with van der Waals surface area (Å²) in [6, 6.07) is 12.2. The minimum absolute atomic E-state index is 0.213. The minimum Gasteiger partial charge on any atom is -0.379 e. The van der Waals surface area contributed by atoms with Gasteiger partial charge in [0, 0.05) is 6.61 Å². The van der Waals surface area contributed by atoms with E-state index in [1.165, 1.54) is 12.1 Å². The van der Waals surface area contributed by atoms with Gasteiger partial charge in [-0.25, -0.2) is 0 Å². The van der Waals surface area contributed by atoms with Crippen LogP contribution in [0.25, 0.3) is 0 Å². The molecule has 1 aliphatic heterocycles. The van der Waals surface area contributed by atoms with E-state index in [1.54, 1.807) is 0 Å². The van der Waals surface area contributed by atoms with Gasteiger partial charge in [-0.1, -0.05) is 48.0 Å². The van der Waals surface area contributed by atoms with Gasteiger partial charge in [0.1, 0.15) is 0 Å². The first kappa shape index (κ1) is 21.6. The van der Waals surface area contributed by atoms with Crippen LogP contribution in [0.2, 0.25) is 5.02 Å². The van der Waals surface area contributed by atoms with Gasteiger partial charge in [-0.2, -0.15) is 13.2 Å². The Bertz CT molecular complexity index is 866. The van der Waals surface area contributed by atoms with E-state index in [0.29, 0.717) is 19.6 Å². The Kier molecular flexibility index (Phi) is 6.22. The number of hydrogen-bond acceptors (Lipinski definition) is 3. The molecular formula is C21H22ClF3N2O2. The molecule has 4 nitrogen and oxygen atoms in total. The van der Waals surface area contributed by atoms with Crippen LogP contribution in [0.4, 0.5) is 13.2 Å². The molecule has 0 spiro atoms. The maximum Gasteiger partial charge on any atom is 0.417 e. The number of alkyl halides is 3. The number of benzene rings is 2. The molecular weight excluding hydrogens is 405 g/mol. The molecule has 0 saturated carbocycles. The van der Waals surface area contributed by atoms with E-state index in [0.717, 1.165) is 11.6 Å². The molecule has 2 aromatic carbocycles. The predicted octanol–water partition coefficient (Wildman–Crippen LogP) is 4.55. The molecule has 1 N–H and O–H groups in total. The van der Waals surface area contributed by atoms with Gasteiger partial charge < -0.3 is 10.1 Å². The van der Waals surface area contributed by atoms with Gasteiger partial charge in [-0.15, -0.1) is 0 Å². The number of hydrogen-bond donors (Lipinski definition) is 1. The highest BCUT2D eigenvalue weighted by Gasteiger charge is 2.46. The fourth-order valence-corrected chi connectivity index (χ4v) is 4.04. The van der Waals surface area contributed by atoms with Crippen molar-refractivity contribution in [3.05, 3.63) is 70.2 Å². The number of carbonyl (C=O) groups excluding carboxylic acids is 1. The molecule has 0 bridgehead atoms. The van der Waals surface area contributed by atoms with E-state index < -0.39 is 34.3 Å². The molecule has 0 aromatic heterocycles. The van der Waals surface area contributed by atoms with Crippen molar-refractivity contribution in [2.75, 3.05) is 27.3 Å². The molecule has 3 rings (SSSR count). The second kappa shape index (κ2) is 8.34. The summed E-state index contributed by atoms with van der Waals surface area (Å²) in [7, 11) is 3.79. The number of likely N-dealkylation sites (N-methyl/N-ethyl adjacent to an activating group) is 1. The van der Waals surface area contributed by atoms with Gasteiger partial charge in [0.05, 0.1) is 34.3 Å². The topological polar surface area (TPSA) is 41.6 Å². The summed E-state index contributed by atoms with van der Waals surface area (Å²) >= 11 is 5.96. The molecule has 29 heavy (non-hydrogen) atoms. The largest absolute Gasteiger partial charge is 0.417 e. The normalized spacial score (nSPS) is 20.7. The summed E-state index contributed by atoms with van der Waals surface area (Å²) in [6.07, 6.45) is -3.98. The Morgan fingerprint density at radius 2 is 1.86 bits per heavy atom. The van der Waals surface area contributed by atoms with Crippen LogP contribution < -0.4 is 5.32 Å². The maximum absolute atomic E-state index is 13.2. The molecule has 1 fully saturated rings. The van der Waals surface area contributed by atoms with Gasteiger partial charge in [0.15, 0.2) is 0 Å². The van der Waals surface area contributed by atoms with E-state index in [-0.39, 0.29) is 5.56 Å². The smallest absolute Gasteiger partial charge is 0.379 e. The third kappa shape index (κ3) is 4.27. The van der Waals surface area contributed by atoms with Gasteiger partial charge in [0.2, 0.25) is 0 Å². The highest BCUT2D eigenvalue weighted by atomic mass is 35.5. The van der Waals surface area contributed by atoms with E-state index in [1.807, 2.05) is 49.3 Å². The Labute approximate surface area is 172 Å². The van der Waals surface area contributed by atoms with E-state index >= 15 is 0 Å². The van der Waals surface area contributed by atoms with Crippen LogP contribution in [0, 0.1) is 0 Å². The van der Waals surface area contributed by atoms with Crippen molar-refractivity contribution in [3.63, 3.8) is 0 Å². The van der Waals surface area contributed by atoms with Gasteiger partial charge in [-0.3, -0.25) is 9.69 Å². The highest BCUT2D eigenvalue weighted by molar-refractivity contribution is 6.34. The molecule has 1 saturated heterocycles. The number of amides is 1. The van der Waals surface area contributed by atoms with Crippen molar-refractivity contribution in [1.82, 2.24) is 10.2 Å². The van der Waals surface area contributed by atoms with Crippen LogP contribution in [-0.2, 0) is 10.9 Å². The number of nitrogens with zero attached hydrogens (tertiary/aromatic N) is 1. The zero-order valence-corrected chi connectivity index (χ0v) is 16.8. The molecule has 1 heterocycles. The maximum atomic E-state index is 13.2. The quantitative estimate of drug-likeness (QED) is 0.762.